The van der Waals surface area contributed by atoms with Crippen LogP contribution in [0.25, 0.3) is 0 Å². The first-order valence-corrected chi connectivity index (χ1v) is 4.45. The van der Waals surface area contributed by atoms with Crippen molar-refractivity contribution in [2.24, 2.45) is 5.92 Å². The summed E-state index contributed by atoms with van der Waals surface area (Å²) in [4.78, 5) is 10.1. The Hall–Kier alpha value is -0.380. The maximum absolute atomic E-state index is 10.4. The van der Waals surface area contributed by atoms with Crippen molar-refractivity contribution >= 4 is 15.9 Å². The van der Waals surface area contributed by atoms with E-state index >= 15 is 0 Å². The first-order valence-electron chi connectivity index (χ1n) is 3.66. The largest absolute Gasteiger partial charge is 0.259 e. The summed E-state index contributed by atoms with van der Waals surface area (Å²) in [5, 5.41) is 10.4. The molecule has 1 aliphatic rings. The van der Waals surface area contributed by atoms with Crippen molar-refractivity contribution in [2.75, 3.05) is 0 Å². The highest BCUT2D eigenvalue weighted by molar-refractivity contribution is 9.11. The summed E-state index contributed by atoms with van der Waals surface area (Å²) in [6.45, 7) is 2.01. The van der Waals surface area contributed by atoms with E-state index in [1.54, 1.807) is 0 Å². The molecule has 11 heavy (non-hydrogen) atoms. The van der Waals surface area contributed by atoms with Crippen LogP contribution in [-0.4, -0.2) is 4.92 Å². The quantitative estimate of drug-likeness (QED) is 0.503. The minimum atomic E-state index is -0.278. The van der Waals surface area contributed by atoms with E-state index in [-0.39, 0.29) is 4.92 Å². The Labute approximate surface area is 73.8 Å². The van der Waals surface area contributed by atoms with Gasteiger partial charge in [0.25, 0.3) is 5.70 Å². The number of nitro groups is 1. The molecule has 0 radical (unpaired) electrons. The predicted octanol–water partition coefficient (Wildman–Crippen LogP) is 2.69. The Morgan fingerprint density at radius 1 is 1.73 bits per heavy atom. The van der Waals surface area contributed by atoms with Crippen LogP contribution < -0.4 is 0 Å². The molecule has 1 atom stereocenters. The van der Waals surface area contributed by atoms with E-state index in [1.807, 2.05) is 6.92 Å². The topological polar surface area (TPSA) is 43.1 Å². The molecule has 0 aromatic rings. The van der Waals surface area contributed by atoms with Gasteiger partial charge in [-0.15, -0.1) is 0 Å². The molecule has 1 aliphatic carbocycles. The molecule has 0 fully saturated rings. The summed E-state index contributed by atoms with van der Waals surface area (Å²) in [5.74, 6) is 0.323. The van der Waals surface area contributed by atoms with Crippen LogP contribution in [0.3, 0.4) is 0 Å². The molecule has 0 aliphatic heterocycles. The van der Waals surface area contributed by atoms with Crippen molar-refractivity contribution in [1.29, 1.82) is 0 Å². The van der Waals surface area contributed by atoms with Gasteiger partial charge in [-0.3, -0.25) is 10.1 Å². The zero-order valence-corrected chi connectivity index (χ0v) is 7.93. The van der Waals surface area contributed by atoms with Gasteiger partial charge in [0.15, 0.2) is 0 Å². The van der Waals surface area contributed by atoms with Crippen LogP contribution in [0, 0.1) is 16.0 Å². The first-order chi connectivity index (χ1) is 5.13. The molecule has 0 aromatic heterocycles. The Kier molecular flexibility index (Phi) is 2.65. The molecule has 0 spiro atoms. The molecule has 62 valence electrons. The normalized spacial score (nSPS) is 25.5. The molecule has 0 saturated heterocycles. The summed E-state index contributed by atoms with van der Waals surface area (Å²) in [7, 11) is 0. The highest BCUT2D eigenvalue weighted by Gasteiger charge is 2.25. The minimum Gasteiger partial charge on any atom is -0.259 e. The molecule has 0 N–H and O–H groups in total. The number of nitrogens with zero attached hydrogens (tertiary/aromatic N) is 1. The Morgan fingerprint density at radius 2 is 2.36 bits per heavy atom. The third-order valence-electron chi connectivity index (χ3n) is 1.98. The van der Waals surface area contributed by atoms with E-state index in [2.05, 4.69) is 15.9 Å². The molecular formula is C7H10BrNO2. The summed E-state index contributed by atoms with van der Waals surface area (Å²) in [6, 6.07) is 0. The Balaban J connectivity index is 2.89. The van der Waals surface area contributed by atoms with Gasteiger partial charge >= 0.3 is 0 Å². The van der Waals surface area contributed by atoms with Gasteiger partial charge in [-0.1, -0.05) is 6.92 Å². The second kappa shape index (κ2) is 3.34. The van der Waals surface area contributed by atoms with Crippen LogP contribution in [0.5, 0.6) is 0 Å². The van der Waals surface area contributed by atoms with Crippen molar-refractivity contribution in [2.45, 2.75) is 26.2 Å². The first kappa shape index (κ1) is 8.71. The number of halogens is 1. The second-order valence-corrected chi connectivity index (χ2v) is 3.70. The van der Waals surface area contributed by atoms with E-state index in [9.17, 15) is 10.1 Å². The summed E-state index contributed by atoms with van der Waals surface area (Å²) in [5.41, 5.74) is 0.365. The number of rotatable bonds is 1. The Morgan fingerprint density at radius 3 is 2.82 bits per heavy atom. The summed E-state index contributed by atoms with van der Waals surface area (Å²) >= 11 is 3.26. The predicted molar refractivity (Wildman–Crippen MR) is 46.0 cm³/mol. The van der Waals surface area contributed by atoms with Gasteiger partial charge < -0.3 is 0 Å². The lowest BCUT2D eigenvalue weighted by molar-refractivity contribution is -0.429. The van der Waals surface area contributed by atoms with Gasteiger partial charge in [0, 0.05) is 6.42 Å². The standard InChI is InChI=1S/C7H10BrNO2/c1-5-3-2-4-6(7(5)8)9(10)11/h5H,2-4H2,1H3. The maximum atomic E-state index is 10.4. The van der Waals surface area contributed by atoms with Crippen LogP contribution in [0.15, 0.2) is 10.2 Å². The SMILES string of the molecule is CC1CCCC([N+](=O)[O-])=C1Br. The number of hydrogen-bond donors (Lipinski definition) is 0. The molecule has 0 saturated carbocycles. The van der Waals surface area contributed by atoms with Gasteiger partial charge in [-0.25, -0.2) is 0 Å². The number of allylic oxidation sites excluding steroid dienone is 2. The lowest BCUT2D eigenvalue weighted by atomic mass is 9.96. The lowest BCUT2D eigenvalue weighted by Gasteiger charge is -2.15. The smallest absolute Gasteiger partial charge is 0.256 e. The van der Waals surface area contributed by atoms with E-state index in [0.29, 0.717) is 18.0 Å². The highest BCUT2D eigenvalue weighted by Crippen LogP contribution is 2.33. The fourth-order valence-corrected chi connectivity index (χ4v) is 1.86. The third-order valence-corrected chi connectivity index (χ3v) is 3.22. The fraction of sp³-hybridized carbons (Fsp3) is 0.714. The fourth-order valence-electron chi connectivity index (χ4n) is 1.28. The highest BCUT2D eigenvalue weighted by atomic mass is 79.9. The zero-order chi connectivity index (χ0) is 8.43. The monoisotopic (exact) mass is 219 g/mol. The van der Waals surface area contributed by atoms with Crippen molar-refractivity contribution in [3.05, 3.63) is 20.3 Å². The van der Waals surface area contributed by atoms with Gasteiger partial charge in [-0.2, -0.15) is 0 Å². The zero-order valence-electron chi connectivity index (χ0n) is 6.34. The van der Waals surface area contributed by atoms with E-state index < -0.39 is 0 Å². The van der Waals surface area contributed by atoms with Crippen molar-refractivity contribution in [3.8, 4) is 0 Å². The summed E-state index contributed by atoms with van der Waals surface area (Å²) in [6.07, 6.45) is 2.60. The van der Waals surface area contributed by atoms with Crippen molar-refractivity contribution in [1.82, 2.24) is 0 Å². The molecule has 0 heterocycles. The molecule has 1 unspecified atom stereocenters. The van der Waals surface area contributed by atoms with Crippen LogP contribution in [-0.2, 0) is 0 Å². The van der Waals surface area contributed by atoms with Gasteiger partial charge in [0.1, 0.15) is 0 Å². The van der Waals surface area contributed by atoms with Crippen LogP contribution in [0.1, 0.15) is 26.2 Å². The second-order valence-electron chi connectivity index (χ2n) is 2.85. The van der Waals surface area contributed by atoms with Crippen molar-refractivity contribution in [3.63, 3.8) is 0 Å². The van der Waals surface area contributed by atoms with Gasteiger partial charge in [0.05, 0.1) is 9.41 Å². The van der Waals surface area contributed by atoms with Gasteiger partial charge in [-0.05, 0) is 34.7 Å². The molecule has 0 aromatic carbocycles. The van der Waals surface area contributed by atoms with E-state index in [4.69, 9.17) is 0 Å². The summed E-state index contributed by atoms with van der Waals surface area (Å²) < 4.78 is 0.786. The van der Waals surface area contributed by atoms with Crippen molar-refractivity contribution < 1.29 is 4.92 Å². The van der Waals surface area contributed by atoms with E-state index in [0.717, 1.165) is 17.3 Å². The van der Waals surface area contributed by atoms with Gasteiger partial charge in [0.2, 0.25) is 0 Å². The average molecular weight is 220 g/mol. The lowest BCUT2D eigenvalue weighted by Crippen LogP contribution is -2.11. The number of hydrogen-bond acceptors (Lipinski definition) is 2. The molecule has 4 heteroatoms. The maximum Gasteiger partial charge on any atom is 0.256 e. The van der Waals surface area contributed by atoms with Crippen LogP contribution >= 0.6 is 15.9 Å². The molecule has 0 amide bonds. The minimum absolute atomic E-state index is 0.278. The molecular weight excluding hydrogens is 210 g/mol. The Bertz CT molecular complexity index is 212. The van der Waals surface area contributed by atoms with Crippen LogP contribution in [0.2, 0.25) is 0 Å². The molecule has 3 nitrogen and oxygen atoms in total. The average Bonchev–Trinajstić information content (AvgIpc) is 1.94. The third kappa shape index (κ3) is 1.80. The van der Waals surface area contributed by atoms with E-state index in [1.165, 1.54) is 0 Å². The molecule has 1 rings (SSSR count). The molecule has 0 bridgehead atoms. The van der Waals surface area contributed by atoms with Crippen LogP contribution in [0.4, 0.5) is 0 Å².